The molecule has 1 unspecified atom stereocenters. The second-order valence-electron chi connectivity index (χ2n) is 6.67. The fourth-order valence-electron chi connectivity index (χ4n) is 3.40. The topological polar surface area (TPSA) is 61.4 Å². The van der Waals surface area contributed by atoms with Gasteiger partial charge < -0.3 is 10.6 Å². The Morgan fingerprint density at radius 2 is 2.00 bits per heavy atom. The lowest BCUT2D eigenvalue weighted by Gasteiger charge is -2.35. The molecule has 7 heteroatoms. The van der Waals surface area contributed by atoms with E-state index in [9.17, 15) is 14.0 Å². The van der Waals surface area contributed by atoms with Crippen LogP contribution in [0.4, 0.5) is 10.1 Å². The van der Waals surface area contributed by atoms with Gasteiger partial charge in [-0.05, 0) is 62.2 Å². The maximum Gasteiger partial charge on any atom is 0.313 e. The molecule has 1 aromatic rings. The first-order chi connectivity index (χ1) is 12.1. The van der Waals surface area contributed by atoms with E-state index in [1.54, 1.807) is 6.07 Å². The molecule has 2 aliphatic rings. The molecule has 25 heavy (non-hydrogen) atoms. The first kappa shape index (κ1) is 18.2. The Balaban J connectivity index is 1.38. The van der Waals surface area contributed by atoms with Gasteiger partial charge in [0.15, 0.2) is 0 Å². The van der Waals surface area contributed by atoms with E-state index in [1.165, 1.54) is 36.1 Å². The molecule has 0 radical (unpaired) electrons. The largest absolute Gasteiger partial charge is 0.348 e. The molecule has 0 saturated carbocycles. The number of benzene rings is 1. The Bertz CT molecular complexity index is 614. The number of rotatable bonds is 4. The third kappa shape index (κ3) is 5.19. The van der Waals surface area contributed by atoms with Crippen LogP contribution in [0.5, 0.6) is 0 Å². The average molecular weight is 365 g/mol. The van der Waals surface area contributed by atoms with Crippen molar-refractivity contribution in [1.82, 2.24) is 10.2 Å². The molecule has 2 heterocycles. The number of likely N-dealkylation sites (tertiary alicyclic amines) is 1. The molecule has 2 amide bonds. The summed E-state index contributed by atoms with van der Waals surface area (Å²) in [6.07, 6.45) is 3.38. The molecule has 5 nitrogen and oxygen atoms in total. The Labute approximate surface area is 151 Å². The van der Waals surface area contributed by atoms with Crippen LogP contribution in [0, 0.1) is 11.7 Å². The summed E-state index contributed by atoms with van der Waals surface area (Å²) >= 11 is 2.03. The van der Waals surface area contributed by atoms with Crippen molar-refractivity contribution >= 4 is 29.3 Å². The van der Waals surface area contributed by atoms with Crippen molar-refractivity contribution in [3.8, 4) is 0 Å². The standard InChI is InChI=1S/C18H24FN3O2S/c19-14-2-1-3-15(10-14)21-18(24)17(23)20-11-13-4-7-22(8-5-13)16-6-9-25-12-16/h1-3,10,13,16H,4-9,11-12H2,(H,20,23)(H,21,24). The van der Waals surface area contributed by atoms with E-state index < -0.39 is 17.6 Å². The van der Waals surface area contributed by atoms with Crippen LogP contribution in [0.2, 0.25) is 0 Å². The van der Waals surface area contributed by atoms with Crippen LogP contribution < -0.4 is 10.6 Å². The van der Waals surface area contributed by atoms with Crippen LogP contribution in [0.25, 0.3) is 0 Å². The normalized spacial score (nSPS) is 21.9. The Hall–Kier alpha value is -1.60. The zero-order valence-electron chi connectivity index (χ0n) is 14.2. The summed E-state index contributed by atoms with van der Waals surface area (Å²) < 4.78 is 13.1. The molecule has 136 valence electrons. The lowest BCUT2D eigenvalue weighted by molar-refractivity contribution is -0.136. The minimum absolute atomic E-state index is 0.280. The number of nitrogens with one attached hydrogen (secondary N) is 2. The van der Waals surface area contributed by atoms with Crippen molar-refractivity contribution < 1.29 is 14.0 Å². The van der Waals surface area contributed by atoms with Crippen LogP contribution in [-0.2, 0) is 9.59 Å². The zero-order valence-corrected chi connectivity index (χ0v) is 15.0. The average Bonchev–Trinajstić information content (AvgIpc) is 3.14. The summed E-state index contributed by atoms with van der Waals surface area (Å²) in [7, 11) is 0. The van der Waals surface area contributed by atoms with Gasteiger partial charge >= 0.3 is 11.8 Å². The summed E-state index contributed by atoms with van der Waals surface area (Å²) in [6, 6.07) is 6.22. The fraction of sp³-hybridized carbons (Fsp3) is 0.556. The smallest absolute Gasteiger partial charge is 0.313 e. The lowest BCUT2D eigenvalue weighted by atomic mass is 9.95. The predicted molar refractivity (Wildman–Crippen MR) is 98.1 cm³/mol. The highest BCUT2D eigenvalue weighted by Crippen LogP contribution is 2.26. The summed E-state index contributed by atoms with van der Waals surface area (Å²) in [5.74, 6) is 1.04. The number of nitrogens with zero attached hydrogens (tertiary/aromatic N) is 1. The summed E-state index contributed by atoms with van der Waals surface area (Å²) in [4.78, 5) is 26.3. The zero-order chi connectivity index (χ0) is 17.6. The van der Waals surface area contributed by atoms with Crippen LogP contribution in [0.15, 0.2) is 24.3 Å². The molecule has 1 atom stereocenters. The van der Waals surface area contributed by atoms with Crippen molar-refractivity contribution in [3.63, 3.8) is 0 Å². The molecular weight excluding hydrogens is 341 g/mol. The van der Waals surface area contributed by atoms with E-state index in [4.69, 9.17) is 0 Å². The monoisotopic (exact) mass is 365 g/mol. The first-order valence-corrected chi connectivity index (χ1v) is 9.94. The van der Waals surface area contributed by atoms with Gasteiger partial charge in [0.2, 0.25) is 0 Å². The van der Waals surface area contributed by atoms with Gasteiger partial charge in [0, 0.05) is 24.0 Å². The Morgan fingerprint density at radius 1 is 1.20 bits per heavy atom. The number of halogens is 1. The molecule has 2 aliphatic heterocycles. The molecule has 3 rings (SSSR count). The van der Waals surface area contributed by atoms with Gasteiger partial charge in [-0.25, -0.2) is 4.39 Å². The minimum Gasteiger partial charge on any atom is -0.348 e. The first-order valence-electron chi connectivity index (χ1n) is 8.78. The van der Waals surface area contributed by atoms with E-state index in [-0.39, 0.29) is 5.69 Å². The number of carbonyl (C=O) groups is 2. The fourth-order valence-corrected chi connectivity index (χ4v) is 4.66. The minimum atomic E-state index is -0.758. The van der Waals surface area contributed by atoms with Gasteiger partial charge in [-0.3, -0.25) is 14.5 Å². The lowest BCUT2D eigenvalue weighted by Crippen LogP contribution is -2.45. The van der Waals surface area contributed by atoms with Crippen LogP contribution in [0.1, 0.15) is 19.3 Å². The van der Waals surface area contributed by atoms with E-state index >= 15 is 0 Å². The summed E-state index contributed by atoms with van der Waals surface area (Å²) in [5.41, 5.74) is 0.280. The predicted octanol–water partition coefficient (Wildman–Crippen LogP) is 2.10. The van der Waals surface area contributed by atoms with E-state index in [0.29, 0.717) is 12.5 Å². The molecule has 0 aromatic heterocycles. The van der Waals surface area contributed by atoms with E-state index in [2.05, 4.69) is 15.5 Å². The molecular formula is C18H24FN3O2S. The van der Waals surface area contributed by atoms with E-state index in [1.807, 2.05) is 11.8 Å². The number of thioether (sulfide) groups is 1. The van der Waals surface area contributed by atoms with Crippen molar-refractivity contribution in [2.24, 2.45) is 5.92 Å². The maximum absolute atomic E-state index is 13.1. The summed E-state index contributed by atoms with van der Waals surface area (Å²) in [5, 5.41) is 5.12. The molecule has 2 fully saturated rings. The molecule has 0 aliphatic carbocycles. The Morgan fingerprint density at radius 3 is 2.68 bits per heavy atom. The van der Waals surface area contributed by atoms with Crippen molar-refractivity contribution in [3.05, 3.63) is 30.1 Å². The second-order valence-corrected chi connectivity index (χ2v) is 7.82. The number of hydrogen-bond acceptors (Lipinski definition) is 4. The highest BCUT2D eigenvalue weighted by molar-refractivity contribution is 7.99. The number of carbonyl (C=O) groups excluding carboxylic acids is 2. The number of hydrogen-bond donors (Lipinski definition) is 2. The van der Waals surface area contributed by atoms with Gasteiger partial charge in [-0.15, -0.1) is 0 Å². The third-order valence-corrected chi connectivity index (χ3v) is 6.06. The van der Waals surface area contributed by atoms with Gasteiger partial charge in [-0.1, -0.05) is 6.07 Å². The van der Waals surface area contributed by atoms with E-state index in [0.717, 1.165) is 32.0 Å². The SMILES string of the molecule is O=C(NCC1CCN(C2CCSC2)CC1)C(=O)Nc1cccc(F)c1. The Kier molecular flexibility index (Phi) is 6.31. The number of piperidine rings is 1. The van der Waals surface area contributed by atoms with Crippen molar-refractivity contribution in [2.45, 2.75) is 25.3 Å². The molecule has 2 N–H and O–H groups in total. The number of amides is 2. The second kappa shape index (κ2) is 8.67. The van der Waals surface area contributed by atoms with Gasteiger partial charge in [-0.2, -0.15) is 11.8 Å². The number of anilines is 1. The third-order valence-electron chi connectivity index (χ3n) is 4.91. The van der Waals surface area contributed by atoms with Crippen molar-refractivity contribution in [2.75, 3.05) is 36.5 Å². The maximum atomic E-state index is 13.1. The van der Waals surface area contributed by atoms with Crippen LogP contribution in [0.3, 0.4) is 0 Å². The molecule has 2 saturated heterocycles. The molecule has 0 bridgehead atoms. The highest BCUT2D eigenvalue weighted by atomic mass is 32.2. The van der Waals surface area contributed by atoms with Gasteiger partial charge in [0.25, 0.3) is 0 Å². The van der Waals surface area contributed by atoms with Crippen LogP contribution >= 0.6 is 11.8 Å². The summed E-state index contributed by atoms with van der Waals surface area (Å²) in [6.45, 7) is 2.66. The quantitative estimate of drug-likeness (QED) is 0.802. The molecule has 1 aromatic carbocycles. The molecule has 0 spiro atoms. The van der Waals surface area contributed by atoms with Gasteiger partial charge in [0.05, 0.1) is 0 Å². The van der Waals surface area contributed by atoms with Crippen LogP contribution in [-0.4, -0.2) is 53.9 Å². The van der Waals surface area contributed by atoms with Crippen molar-refractivity contribution in [1.29, 1.82) is 0 Å². The van der Waals surface area contributed by atoms with Gasteiger partial charge in [0.1, 0.15) is 5.82 Å². The highest BCUT2D eigenvalue weighted by Gasteiger charge is 2.27.